The molecule has 1 aliphatic rings. The lowest BCUT2D eigenvalue weighted by Gasteiger charge is -2.47. The highest BCUT2D eigenvalue weighted by molar-refractivity contribution is 5.71. The number of carbonyl (C=O) groups is 1. The van der Waals surface area contributed by atoms with E-state index in [1.807, 2.05) is 6.92 Å². The summed E-state index contributed by atoms with van der Waals surface area (Å²) in [5, 5.41) is 3.18. The highest BCUT2D eigenvalue weighted by Crippen LogP contribution is 2.35. The number of carbonyl (C=O) groups excluding carboxylic acids is 1. The molecular weight excluding hydrogens is 192 g/mol. The molecule has 0 bridgehead atoms. The first kappa shape index (κ1) is 12.5. The second kappa shape index (κ2) is 5.47. The minimum atomic E-state index is -0.161. The summed E-state index contributed by atoms with van der Waals surface area (Å²) in [6.45, 7) is 3.48. The second-order valence-corrected chi connectivity index (χ2v) is 4.38. The van der Waals surface area contributed by atoms with Gasteiger partial charge in [0.15, 0.2) is 0 Å². The van der Waals surface area contributed by atoms with Gasteiger partial charge in [0.2, 0.25) is 0 Å². The zero-order valence-corrected chi connectivity index (χ0v) is 10.0. The fourth-order valence-corrected chi connectivity index (χ4v) is 1.98. The van der Waals surface area contributed by atoms with Crippen LogP contribution in [0, 0.1) is 0 Å². The molecule has 0 radical (unpaired) electrons. The van der Waals surface area contributed by atoms with E-state index in [0.29, 0.717) is 13.2 Å². The van der Waals surface area contributed by atoms with Crippen LogP contribution in [0.4, 0.5) is 0 Å². The van der Waals surface area contributed by atoms with Crippen molar-refractivity contribution >= 4 is 5.97 Å². The van der Waals surface area contributed by atoms with Gasteiger partial charge in [-0.3, -0.25) is 4.79 Å². The predicted molar refractivity (Wildman–Crippen MR) is 59.8 cm³/mol. The Bertz CT molecular complexity index is 213. The van der Waals surface area contributed by atoms with Crippen molar-refractivity contribution in [3.8, 4) is 0 Å². The van der Waals surface area contributed by atoms with E-state index in [1.54, 1.807) is 0 Å². The van der Waals surface area contributed by atoms with Gasteiger partial charge in [0.1, 0.15) is 0 Å². The van der Waals surface area contributed by atoms with E-state index in [2.05, 4.69) is 24.3 Å². The number of rotatable bonds is 6. The molecule has 0 saturated heterocycles. The van der Waals surface area contributed by atoms with E-state index in [-0.39, 0.29) is 11.5 Å². The number of hydrogen-bond donors (Lipinski definition) is 1. The normalized spacial score (nSPS) is 18.7. The summed E-state index contributed by atoms with van der Waals surface area (Å²) in [4.78, 5) is 13.4. The molecule has 0 heterocycles. The Morgan fingerprint density at radius 3 is 2.53 bits per heavy atom. The quantitative estimate of drug-likeness (QED) is 0.658. The van der Waals surface area contributed by atoms with E-state index < -0.39 is 0 Å². The zero-order chi connectivity index (χ0) is 11.3. The van der Waals surface area contributed by atoms with Gasteiger partial charge in [0, 0.05) is 12.1 Å². The fourth-order valence-electron chi connectivity index (χ4n) is 1.98. The Hall–Kier alpha value is -0.610. The molecule has 0 aromatic carbocycles. The lowest BCUT2D eigenvalue weighted by atomic mass is 9.75. The zero-order valence-electron chi connectivity index (χ0n) is 10.0. The molecule has 4 nitrogen and oxygen atoms in total. The monoisotopic (exact) mass is 214 g/mol. The summed E-state index contributed by atoms with van der Waals surface area (Å²) >= 11 is 0. The van der Waals surface area contributed by atoms with Gasteiger partial charge >= 0.3 is 5.97 Å². The van der Waals surface area contributed by atoms with Crippen LogP contribution in [0.25, 0.3) is 0 Å². The minimum absolute atomic E-state index is 0.161. The average molecular weight is 214 g/mol. The maximum atomic E-state index is 11.1. The molecule has 1 N–H and O–H groups in total. The largest absolute Gasteiger partial charge is 0.465 e. The number of nitrogens with zero attached hydrogens (tertiary/aromatic N) is 1. The topological polar surface area (TPSA) is 41.6 Å². The van der Waals surface area contributed by atoms with Crippen molar-refractivity contribution in [2.75, 3.05) is 33.8 Å². The molecule has 15 heavy (non-hydrogen) atoms. The van der Waals surface area contributed by atoms with Crippen molar-refractivity contribution in [2.24, 2.45) is 0 Å². The lowest BCUT2D eigenvalue weighted by Crippen LogP contribution is -2.56. The van der Waals surface area contributed by atoms with Gasteiger partial charge in [-0.1, -0.05) is 0 Å². The Morgan fingerprint density at radius 2 is 2.13 bits per heavy atom. The summed E-state index contributed by atoms with van der Waals surface area (Å²) in [5.74, 6) is -0.161. The Kier molecular flexibility index (Phi) is 4.54. The molecule has 1 fully saturated rings. The molecule has 0 unspecified atom stereocenters. The van der Waals surface area contributed by atoms with Crippen LogP contribution >= 0.6 is 0 Å². The standard InChI is InChI=1S/C11H22N2O2/c1-4-15-10(14)8-12-9-11(13(2)3)6-5-7-11/h12H,4-9H2,1-3H3. The van der Waals surface area contributed by atoms with Crippen LogP contribution in [0.5, 0.6) is 0 Å². The predicted octanol–water partition coefficient (Wildman–Crippen LogP) is 0.623. The van der Waals surface area contributed by atoms with E-state index in [4.69, 9.17) is 4.74 Å². The molecule has 1 saturated carbocycles. The van der Waals surface area contributed by atoms with Gasteiger partial charge in [0.05, 0.1) is 13.2 Å². The van der Waals surface area contributed by atoms with Crippen LogP contribution in [0.2, 0.25) is 0 Å². The average Bonchev–Trinajstić information content (AvgIpc) is 2.09. The Labute approximate surface area is 92.0 Å². The maximum absolute atomic E-state index is 11.1. The summed E-state index contributed by atoms with van der Waals surface area (Å²) in [7, 11) is 4.20. The van der Waals surface area contributed by atoms with Crippen molar-refractivity contribution in [2.45, 2.75) is 31.7 Å². The third-order valence-corrected chi connectivity index (χ3v) is 3.26. The van der Waals surface area contributed by atoms with Crippen LogP contribution in [0.1, 0.15) is 26.2 Å². The van der Waals surface area contributed by atoms with Crippen LogP contribution < -0.4 is 5.32 Å². The van der Waals surface area contributed by atoms with Gasteiger partial charge in [-0.15, -0.1) is 0 Å². The summed E-state index contributed by atoms with van der Waals surface area (Å²) in [5.41, 5.74) is 0.270. The highest BCUT2D eigenvalue weighted by atomic mass is 16.5. The number of hydrogen-bond acceptors (Lipinski definition) is 4. The highest BCUT2D eigenvalue weighted by Gasteiger charge is 2.38. The first-order chi connectivity index (χ1) is 7.10. The van der Waals surface area contributed by atoms with E-state index >= 15 is 0 Å². The van der Waals surface area contributed by atoms with Crippen LogP contribution in [-0.4, -0.2) is 50.2 Å². The van der Waals surface area contributed by atoms with Gasteiger partial charge in [-0.2, -0.15) is 0 Å². The first-order valence-corrected chi connectivity index (χ1v) is 5.64. The van der Waals surface area contributed by atoms with Gasteiger partial charge in [0.25, 0.3) is 0 Å². The molecule has 0 aliphatic heterocycles. The molecule has 0 amide bonds. The third-order valence-electron chi connectivity index (χ3n) is 3.26. The molecule has 0 spiro atoms. The third kappa shape index (κ3) is 3.18. The molecule has 4 heteroatoms. The molecule has 0 atom stereocenters. The second-order valence-electron chi connectivity index (χ2n) is 4.38. The van der Waals surface area contributed by atoms with E-state index in [9.17, 15) is 4.79 Å². The minimum Gasteiger partial charge on any atom is -0.465 e. The molecule has 88 valence electrons. The van der Waals surface area contributed by atoms with Crippen LogP contribution in [-0.2, 0) is 9.53 Å². The summed E-state index contributed by atoms with van der Waals surface area (Å²) in [6, 6.07) is 0. The summed E-state index contributed by atoms with van der Waals surface area (Å²) < 4.78 is 4.85. The van der Waals surface area contributed by atoms with Crippen LogP contribution in [0.3, 0.4) is 0 Å². The Balaban J connectivity index is 2.21. The van der Waals surface area contributed by atoms with E-state index in [1.165, 1.54) is 19.3 Å². The molecular formula is C11H22N2O2. The molecule has 0 aromatic rings. The van der Waals surface area contributed by atoms with Gasteiger partial charge < -0.3 is 15.0 Å². The van der Waals surface area contributed by atoms with Crippen molar-refractivity contribution in [1.29, 1.82) is 0 Å². The van der Waals surface area contributed by atoms with Gasteiger partial charge in [-0.05, 0) is 40.3 Å². The SMILES string of the molecule is CCOC(=O)CNCC1(N(C)C)CCC1. The maximum Gasteiger partial charge on any atom is 0.319 e. The lowest BCUT2D eigenvalue weighted by molar-refractivity contribution is -0.142. The fraction of sp³-hybridized carbons (Fsp3) is 0.909. The first-order valence-electron chi connectivity index (χ1n) is 5.64. The number of nitrogens with one attached hydrogen (secondary N) is 1. The van der Waals surface area contributed by atoms with Crippen LogP contribution in [0.15, 0.2) is 0 Å². The van der Waals surface area contributed by atoms with Crippen molar-refractivity contribution in [3.05, 3.63) is 0 Å². The number of ether oxygens (including phenoxy) is 1. The smallest absolute Gasteiger partial charge is 0.319 e. The number of likely N-dealkylation sites (N-methyl/N-ethyl adjacent to an activating group) is 1. The number of esters is 1. The van der Waals surface area contributed by atoms with E-state index in [0.717, 1.165) is 6.54 Å². The molecule has 1 rings (SSSR count). The molecule has 1 aliphatic carbocycles. The van der Waals surface area contributed by atoms with Crippen molar-refractivity contribution in [1.82, 2.24) is 10.2 Å². The molecule has 0 aromatic heterocycles. The van der Waals surface area contributed by atoms with Crippen molar-refractivity contribution < 1.29 is 9.53 Å². The van der Waals surface area contributed by atoms with Gasteiger partial charge in [-0.25, -0.2) is 0 Å². The Morgan fingerprint density at radius 1 is 1.47 bits per heavy atom. The summed E-state index contributed by atoms with van der Waals surface area (Å²) in [6.07, 6.45) is 3.73. The van der Waals surface area contributed by atoms with Crippen molar-refractivity contribution in [3.63, 3.8) is 0 Å².